The Bertz CT molecular complexity index is 250. The lowest BCUT2D eigenvalue weighted by Gasteiger charge is -2.02. The lowest BCUT2D eigenvalue weighted by molar-refractivity contribution is 0.362. The van der Waals surface area contributed by atoms with Crippen LogP contribution in [0.15, 0.2) is 18.2 Å². The monoisotopic (exact) mass is 169 g/mol. The Morgan fingerprint density at radius 1 is 1.55 bits per heavy atom. The minimum atomic E-state index is 0.592. The molecule has 3 heteroatoms. The van der Waals surface area contributed by atoms with Crippen LogP contribution < -0.4 is 5.73 Å². The van der Waals surface area contributed by atoms with Crippen molar-refractivity contribution in [1.82, 2.24) is 0 Å². The molecule has 11 heavy (non-hydrogen) atoms. The number of nitrogen functional groups attached to an aromatic ring is 1. The van der Waals surface area contributed by atoms with Gasteiger partial charge in [0, 0.05) is 15.2 Å². The number of rotatable bonds is 2. The Labute approximate surface area is 69.0 Å². The minimum absolute atomic E-state index is 0.592. The van der Waals surface area contributed by atoms with E-state index in [0.29, 0.717) is 6.61 Å². The van der Waals surface area contributed by atoms with E-state index in [9.17, 15) is 0 Å². The molecule has 1 aromatic carbocycles. The molecule has 0 saturated carbocycles. The molecule has 0 heterocycles. The summed E-state index contributed by atoms with van der Waals surface area (Å²) < 4.78 is 4.88. The van der Waals surface area contributed by atoms with Crippen LogP contribution in [0.3, 0.4) is 0 Å². The molecule has 1 atom stereocenters. The van der Waals surface area contributed by atoms with Crippen LogP contribution in [0.1, 0.15) is 11.1 Å². The molecule has 0 fully saturated rings. The molecule has 1 unspecified atom stereocenters. The Kier molecular flexibility index (Phi) is 2.86. The Hall–Kier alpha value is -0.590. The summed E-state index contributed by atoms with van der Waals surface area (Å²) in [5, 5.41) is 0. The molecular weight excluding hydrogens is 157 g/mol. The van der Waals surface area contributed by atoms with Gasteiger partial charge >= 0.3 is 0 Å². The first kappa shape index (κ1) is 8.51. The van der Waals surface area contributed by atoms with E-state index in [4.69, 9.17) is 10.3 Å². The highest BCUT2D eigenvalue weighted by atomic mass is 31.0. The van der Waals surface area contributed by atoms with Gasteiger partial charge in [-0.3, -0.25) is 0 Å². The molecule has 0 saturated heterocycles. The molecule has 0 bridgehead atoms. The summed E-state index contributed by atoms with van der Waals surface area (Å²) in [6.45, 7) is 2.58. The van der Waals surface area contributed by atoms with E-state index in [1.54, 1.807) is 0 Å². The predicted molar refractivity (Wildman–Crippen MR) is 50.1 cm³/mol. The van der Waals surface area contributed by atoms with Crippen LogP contribution in [0.4, 0.5) is 5.69 Å². The maximum atomic E-state index is 5.69. The second-order valence-electron chi connectivity index (χ2n) is 2.50. The normalized spacial score (nSPS) is 10.0. The Balaban J connectivity index is 2.86. The van der Waals surface area contributed by atoms with Gasteiger partial charge in [-0.05, 0) is 24.1 Å². The smallest absolute Gasteiger partial charge is 0.0753 e. The van der Waals surface area contributed by atoms with Crippen LogP contribution in [0.25, 0.3) is 0 Å². The molecule has 1 rings (SSSR count). The summed E-state index contributed by atoms with van der Waals surface area (Å²) in [6.07, 6.45) is 0. The first-order chi connectivity index (χ1) is 5.24. The molecule has 60 valence electrons. The second-order valence-corrected chi connectivity index (χ2v) is 2.84. The third kappa shape index (κ3) is 2.18. The molecule has 2 nitrogen and oxygen atoms in total. The van der Waals surface area contributed by atoms with Crippen molar-refractivity contribution in [2.24, 2.45) is 0 Å². The summed E-state index contributed by atoms with van der Waals surface area (Å²) in [5.41, 5.74) is 8.72. The molecule has 0 aromatic heterocycles. The average Bonchev–Trinajstić information content (AvgIpc) is 1.98. The second kappa shape index (κ2) is 3.70. The molecular formula is C8H12NOP. The van der Waals surface area contributed by atoms with E-state index in [-0.39, 0.29) is 0 Å². The largest absolute Gasteiger partial charge is 0.399 e. The quantitative estimate of drug-likeness (QED) is 0.542. The van der Waals surface area contributed by atoms with Crippen molar-refractivity contribution < 1.29 is 4.52 Å². The third-order valence-corrected chi connectivity index (χ3v) is 1.76. The molecule has 2 N–H and O–H groups in total. The van der Waals surface area contributed by atoms with Gasteiger partial charge in [-0.25, -0.2) is 0 Å². The maximum Gasteiger partial charge on any atom is 0.0753 e. The van der Waals surface area contributed by atoms with Crippen molar-refractivity contribution in [2.75, 3.05) is 5.73 Å². The van der Waals surface area contributed by atoms with E-state index in [1.165, 1.54) is 0 Å². The zero-order valence-electron chi connectivity index (χ0n) is 6.50. The topological polar surface area (TPSA) is 35.2 Å². The van der Waals surface area contributed by atoms with Crippen molar-refractivity contribution in [3.05, 3.63) is 29.3 Å². The van der Waals surface area contributed by atoms with Gasteiger partial charge in [0.05, 0.1) is 6.61 Å². The van der Waals surface area contributed by atoms with E-state index in [1.807, 2.05) is 25.1 Å². The zero-order valence-corrected chi connectivity index (χ0v) is 7.66. The number of benzene rings is 1. The van der Waals surface area contributed by atoms with Crippen LogP contribution in [0.2, 0.25) is 0 Å². The molecule has 1 aromatic rings. The zero-order chi connectivity index (χ0) is 8.27. The van der Waals surface area contributed by atoms with Crippen molar-refractivity contribution in [1.29, 1.82) is 0 Å². The minimum Gasteiger partial charge on any atom is -0.399 e. The van der Waals surface area contributed by atoms with E-state index >= 15 is 0 Å². The van der Waals surface area contributed by atoms with Crippen molar-refractivity contribution in [3.8, 4) is 0 Å². The van der Waals surface area contributed by atoms with Gasteiger partial charge in [0.2, 0.25) is 0 Å². The predicted octanol–water partition coefficient (Wildman–Crippen LogP) is 1.88. The van der Waals surface area contributed by atoms with E-state index < -0.39 is 0 Å². The van der Waals surface area contributed by atoms with Gasteiger partial charge in [-0.2, -0.15) is 0 Å². The summed E-state index contributed by atoms with van der Waals surface area (Å²) in [6, 6.07) is 5.93. The summed E-state index contributed by atoms with van der Waals surface area (Å²) in [5.74, 6) is 0. The summed E-state index contributed by atoms with van der Waals surface area (Å²) in [7, 11) is 2.22. The molecule has 0 aliphatic carbocycles. The van der Waals surface area contributed by atoms with Crippen molar-refractivity contribution >= 4 is 15.2 Å². The Morgan fingerprint density at radius 3 is 2.82 bits per heavy atom. The van der Waals surface area contributed by atoms with Crippen LogP contribution in [0.5, 0.6) is 0 Å². The number of nitrogens with two attached hydrogens (primary N) is 1. The number of hydrogen-bond donors (Lipinski definition) is 1. The molecule has 0 amide bonds. The Morgan fingerprint density at radius 2 is 2.27 bits per heavy atom. The van der Waals surface area contributed by atoms with Crippen LogP contribution in [-0.4, -0.2) is 0 Å². The average molecular weight is 169 g/mol. The fourth-order valence-electron chi connectivity index (χ4n) is 0.876. The molecule has 0 aliphatic heterocycles. The van der Waals surface area contributed by atoms with Crippen LogP contribution in [0, 0.1) is 6.92 Å². The first-order valence-electron chi connectivity index (χ1n) is 3.40. The van der Waals surface area contributed by atoms with Gasteiger partial charge in [-0.1, -0.05) is 12.1 Å². The lowest BCUT2D eigenvalue weighted by atomic mass is 10.1. The van der Waals surface area contributed by atoms with Crippen molar-refractivity contribution in [3.63, 3.8) is 0 Å². The van der Waals surface area contributed by atoms with E-state index in [2.05, 4.69) is 9.47 Å². The summed E-state index contributed by atoms with van der Waals surface area (Å²) >= 11 is 0. The standard InChI is InChI=1S/C8H12NOP/c1-6-2-3-7(5-10-11)4-8(6)9/h2-4H,5,9,11H2,1H3. The first-order valence-corrected chi connectivity index (χ1v) is 3.88. The van der Waals surface area contributed by atoms with Gasteiger partial charge in [-0.15, -0.1) is 0 Å². The highest BCUT2D eigenvalue weighted by Gasteiger charge is 1.94. The highest BCUT2D eigenvalue weighted by molar-refractivity contribution is 7.09. The van der Waals surface area contributed by atoms with Crippen molar-refractivity contribution in [2.45, 2.75) is 13.5 Å². The number of hydrogen-bond acceptors (Lipinski definition) is 2. The number of aryl methyl sites for hydroxylation is 1. The maximum absolute atomic E-state index is 5.69. The lowest BCUT2D eigenvalue weighted by Crippen LogP contribution is -1.92. The summed E-state index contributed by atoms with van der Waals surface area (Å²) in [4.78, 5) is 0. The van der Waals surface area contributed by atoms with Gasteiger partial charge in [0.15, 0.2) is 0 Å². The fourth-order valence-corrected chi connectivity index (χ4v) is 1.07. The molecule has 0 spiro atoms. The van der Waals surface area contributed by atoms with Crippen LogP contribution >= 0.6 is 9.47 Å². The highest BCUT2D eigenvalue weighted by Crippen LogP contribution is 2.13. The number of anilines is 1. The van der Waals surface area contributed by atoms with Crippen LogP contribution in [-0.2, 0) is 11.1 Å². The molecule has 0 radical (unpaired) electrons. The fraction of sp³-hybridized carbons (Fsp3) is 0.250. The SMILES string of the molecule is Cc1ccc(COP)cc1N. The van der Waals surface area contributed by atoms with Gasteiger partial charge < -0.3 is 10.3 Å². The third-order valence-electron chi connectivity index (χ3n) is 1.59. The molecule has 0 aliphatic rings. The van der Waals surface area contributed by atoms with E-state index in [0.717, 1.165) is 16.8 Å². The van der Waals surface area contributed by atoms with Gasteiger partial charge in [0.25, 0.3) is 0 Å². The van der Waals surface area contributed by atoms with Gasteiger partial charge in [0.1, 0.15) is 0 Å².